The van der Waals surface area contributed by atoms with E-state index in [1.165, 1.54) is 0 Å². The molecule has 1 aliphatic heterocycles. The second-order valence-electron chi connectivity index (χ2n) is 10.8. The molecule has 0 fully saturated rings. The van der Waals surface area contributed by atoms with E-state index in [-0.39, 0.29) is 24.7 Å². The molecular weight excluding hydrogens is 460 g/mol. The predicted octanol–water partition coefficient (Wildman–Crippen LogP) is 4.37. The highest BCUT2D eigenvalue weighted by atomic mass is 16.5. The summed E-state index contributed by atoms with van der Waals surface area (Å²) in [6, 6.07) is 5.44. The minimum absolute atomic E-state index is 0.0667. The second kappa shape index (κ2) is 11.7. The van der Waals surface area contributed by atoms with Gasteiger partial charge in [-0.3, -0.25) is 9.59 Å². The number of oxazole rings is 1. The first-order chi connectivity index (χ1) is 16.9. The minimum Gasteiger partial charge on any atom is -0.457 e. The fourth-order valence-electron chi connectivity index (χ4n) is 4.83. The Balaban J connectivity index is 1.91. The van der Waals surface area contributed by atoms with Gasteiger partial charge in [0.1, 0.15) is 17.4 Å². The standard InChI is InChI=1S/C28H40N2O6/c1-16-7-6-8-17(2)26(33)18(3)27(34)28(4,5)23(31)14-25(32)36-21(11-9-16)19-10-12-22-20(13-19)30-24(15-29)35-22/h9-10,12-13,17-18,21,23,26,31,33H,6-8,11,14-15,29H2,1-5H3/b16-9-/t17-,18+,21-,23-,26-/m0/s1. The van der Waals surface area contributed by atoms with Crippen molar-refractivity contribution >= 4 is 22.9 Å². The first-order valence-corrected chi connectivity index (χ1v) is 12.8. The molecule has 2 aromatic rings. The van der Waals surface area contributed by atoms with Gasteiger partial charge in [-0.05, 0) is 49.8 Å². The monoisotopic (exact) mass is 500 g/mol. The highest BCUT2D eigenvalue weighted by molar-refractivity contribution is 5.88. The Morgan fingerprint density at radius 3 is 2.61 bits per heavy atom. The molecule has 1 aromatic heterocycles. The third-order valence-corrected chi connectivity index (χ3v) is 7.52. The summed E-state index contributed by atoms with van der Waals surface area (Å²) in [5.41, 5.74) is 7.57. The number of benzene rings is 1. The van der Waals surface area contributed by atoms with E-state index in [4.69, 9.17) is 14.9 Å². The Bertz CT molecular complexity index is 1100. The number of hydrogen-bond acceptors (Lipinski definition) is 8. The normalized spacial score (nSPS) is 30.6. The van der Waals surface area contributed by atoms with Crippen LogP contribution in [0.15, 0.2) is 34.3 Å². The molecule has 0 bridgehead atoms. The van der Waals surface area contributed by atoms with E-state index in [1.807, 2.05) is 26.0 Å². The van der Waals surface area contributed by atoms with Crippen molar-refractivity contribution in [1.29, 1.82) is 0 Å². The molecule has 8 nitrogen and oxygen atoms in total. The summed E-state index contributed by atoms with van der Waals surface area (Å²) < 4.78 is 11.4. The Labute approximate surface area is 212 Å². The number of aliphatic hydroxyl groups excluding tert-OH is 2. The Morgan fingerprint density at radius 2 is 1.92 bits per heavy atom. The van der Waals surface area contributed by atoms with E-state index < -0.39 is 35.6 Å². The van der Waals surface area contributed by atoms with Crippen molar-refractivity contribution in [3.63, 3.8) is 0 Å². The van der Waals surface area contributed by atoms with Crippen molar-refractivity contribution in [2.24, 2.45) is 23.0 Å². The van der Waals surface area contributed by atoms with Gasteiger partial charge in [-0.15, -0.1) is 0 Å². The lowest BCUT2D eigenvalue weighted by atomic mass is 9.73. The van der Waals surface area contributed by atoms with Crippen molar-refractivity contribution in [2.75, 3.05) is 0 Å². The van der Waals surface area contributed by atoms with Crippen LogP contribution in [-0.4, -0.2) is 39.2 Å². The number of allylic oxidation sites excluding steroid dienone is 1. The summed E-state index contributed by atoms with van der Waals surface area (Å²) >= 11 is 0. The molecule has 198 valence electrons. The summed E-state index contributed by atoms with van der Waals surface area (Å²) in [5.74, 6) is -1.17. The van der Waals surface area contributed by atoms with Crippen molar-refractivity contribution in [1.82, 2.24) is 4.98 Å². The molecule has 1 aromatic carbocycles. The Morgan fingerprint density at radius 1 is 1.19 bits per heavy atom. The van der Waals surface area contributed by atoms with Crippen molar-refractivity contribution in [2.45, 2.75) is 91.6 Å². The number of ether oxygens (including phenoxy) is 1. The number of esters is 1. The predicted molar refractivity (Wildman–Crippen MR) is 137 cm³/mol. The third kappa shape index (κ3) is 6.41. The number of carbonyl (C=O) groups excluding carboxylic acids is 2. The van der Waals surface area contributed by atoms with Crippen molar-refractivity contribution in [3.8, 4) is 0 Å². The molecular formula is C28H40N2O6. The van der Waals surface area contributed by atoms with E-state index in [0.29, 0.717) is 23.4 Å². The molecule has 3 rings (SSSR count). The van der Waals surface area contributed by atoms with Crippen LogP contribution in [0, 0.1) is 17.3 Å². The molecule has 0 saturated carbocycles. The molecule has 36 heavy (non-hydrogen) atoms. The third-order valence-electron chi connectivity index (χ3n) is 7.52. The largest absolute Gasteiger partial charge is 0.457 e. The number of rotatable bonds is 2. The van der Waals surface area contributed by atoms with E-state index in [9.17, 15) is 19.8 Å². The molecule has 0 unspecified atom stereocenters. The number of ketones is 1. The van der Waals surface area contributed by atoms with Gasteiger partial charge in [0, 0.05) is 12.3 Å². The lowest BCUT2D eigenvalue weighted by Crippen LogP contribution is -2.45. The first-order valence-electron chi connectivity index (χ1n) is 12.8. The molecule has 1 aliphatic rings. The Kier molecular flexibility index (Phi) is 9.08. The second-order valence-corrected chi connectivity index (χ2v) is 10.8. The topological polar surface area (TPSA) is 136 Å². The van der Waals surface area contributed by atoms with E-state index in [2.05, 4.69) is 11.1 Å². The maximum absolute atomic E-state index is 13.2. The molecule has 5 atom stereocenters. The zero-order valence-corrected chi connectivity index (χ0v) is 22.0. The number of Topliss-reactive ketones (excluding diaryl/α,β-unsaturated/α-hetero) is 1. The first kappa shape index (κ1) is 28.0. The Hall–Kier alpha value is -2.55. The number of fused-ring (bicyclic) bond motifs is 1. The number of nitrogens with zero attached hydrogens (tertiary/aromatic N) is 1. The van der Waals surface area contributed by atoms with Crippen LogP contribution in [0.25, 0.3) is 11.1 Å². The van der Waals surface area contributed by atoms with Gasteiger partial charge >= 0.3 is 5.97 Å². The highest BCUT2D eigenvalue weighted by Crippen LogP contribution is 2.33. The van der Waals surface area contributed by atoms with Gasteiger partial charge < -0.3 is 25.1 Å². The number of carbonyl (C=O) groups is 2. The fourth-order valence-corrected chi connectivity index (χ4v) is 4.83. The van der Waals surface area contributed by atoms with E-state index in [0.717, 1.165) is 30.4 Å². The highest BCUT2D eigenvalue weighted by Gasteiger charge is 2.42. The molecule has 0 aliphatic carbocycles. The van der Waals surface area contributed by atoms with Crippen LogP contribution in [0.2, 0.25) is 0 Å². The maximum Gasteiger partial charge on any atom is 0.309 e. The summed E-state index contributed by atoms with van der Waals surface area (Å²) in [6.07, 6.45) is 2.01. The quantitative estimate of drug-likeness (QED) is 0.408. The zero-order valence-electron chi connectivity index (χ0n) is 22.0. The summed E-state index contributed by atoms with van der Waals surface area (Å²) in [4.78, 5) is 30.5. The number of hydrogen-bond donors (Lipinski definition) is 3. The molecule has 0 radical (unpaired) electrons. The maximum atomic E-state index is 13.2. The van der Waals surface area contributed by atoms with Gasteiger partial charge in [-0.2, -0.15) is 0 Å². The van der Waals surface area contributed by atoms with Gasteiger partial charge in [0.15, 0.2) is 5.58 Å². The molecule has 8 heteroatoms. The average Bonchev–Trinajstić information content (AvgIpc) is 3.26. The number of cyclic esters (lactones) is 1. The van der Waals surface area contributed by atoms with Gasteiger partial charge in [0.25, 0.3) is 0 Å². The smallest absolute Gasteiger partial charge is 0.309 e. The lowest BCUT2D eigenvalue weighted by molar-refractivity contribution is -0.155. The summed E-state index contributed by atoms with van der Waals surface area (Å²) in [7, 11) is 0. The van der Waals surface area contributed by atoms with Crippen LogP contribution < -0.4 is 5.73 Å². The molecule has 0 amide bonds. The number of aromatic nitrogens is 1. The molecule has 0 spiro atoms. The van der Waals surface area contributed by atoms with E-state index in [1.54, 1.807) is 26.8 Å². The average molecular weight is 501 g/mol. The lowest BCUT2D eigenvalue weighted by Gasteiger charge is -2.34. The fraction of sp³-hybridized carbons (Fsp3) is 0.607. The number of nitrogens with two attached hydrogens (primary N) is 1. The number of aliphatic hydroxyl groups is 2. The minimum atomic E-state index is -1.25. The van der Waals surface area contributed by atoms with Gasteiger partial charge in [0.2, 0.25) is 5.89 Å². The van der Waals surface area contributed by atoms with Gasteiger partial charge in [0.05, 0.1) is 30.6 Å². The van der Waals surface area contributed by atoms with Crippen molar-refractivity contribution < 1.29 is 29.0 Å². The van der Waals surface area contributed by atoms with Crippen LogP contribution in [-0.2, 0) is 20.9 Å². The van der Waals surface area contributed by atoms with Gasteiger partial charge in [-0.1, -0.05) is 45.4 Å². The van der Waals surface area contributed by atoms with Gasteiger partial charge in [-0.25, -0.2) is 4.98 Å². The van der Waals surface area contributed by atoms with E-state index >= 15 is 0 Å². The molecule has 4 N–H and O–H groups in total. The zero-order chi connectivity index (χ0) is 26.6. The van der Waals surface area contributed by atoms with Crippen molar-refractivity contribution in [3.05, 3.63) is 41.3 Å². The van der Waals surface area contributed by atoms with Crippen LogP contribution in [0.4, 0.5) is 0 Å². The SMILES string of the molecule is C/C1=C/C[C@@H](c2ccc3oc(CN)nc3c2)OC(=O)C[C@H](O)C(C)(C)C(=O)[C@H](C)[C@@H](O)[C@@H](C)CCC1. The summed E-state index contributed by atoms with van der Waals surface area (Å²) in [6.45, 7) is 9.09. The van der Waals surface area contributed by atoms with Crippen LogP contribution in [0.3, 0.4) is 0 Å². The molecule has 2 heterocycles. The molecule has 0 saturated heterocycles. The summed E-state index contributed by atoms with van der Waals surface area (Å²) in [5, 5.41) is 21.7. The van der Waals surface area contributed by atoms with Crippen LogP contribution in [0.5, 0.6) is 0 Å². The van der Waals surface area contributed by atoms with Crippen LogP contribution in [0.1, 0.15) is 84.3 Å². The van der Waals surface area contributed by atoms with Crippen LogP contribution >= 0.6 is 0 Å².